The second-order valence-electron chi connectivity index (χ2n) is 6.26. The van der Waals surface area contributed by atoms with Crippen LogP contribution in [0.25, 0.3) is 0 Å². The molecule has 0 radical (unpaired) electrons. The van der Waals surface area contributed by atoms with Gasteiger partial charge in [0.25, 0.3) is 0 Å². The Kier molecular flexibility index (Phi) is 5.83. The van der Waals surface area contributed by atoms with Crippen molar-refractivity contribution in [2.24, 2.45) is 11.5 Å². The van der Waals surface area contributed by atoms with Gasteiger partial charge in [-0.1, -0.05) is 17.8 Å². The van der Waals surface area contributed by atoms with Crippen LogP contribution in [-0.2, 0) is 6.54 Å². The molecule has 5 nitrogen and oxygen atoms in total. The summed E-state index contributed by atoms with van der Waals surface area (Å²) in [4.78, 5) is 7.02. The Morgan fingerprint density at radius 2 is 2.16 bits per heavy atom. The van der Waals surface area contributed by atoms with Crippen LogP contribution in [0.5, 0.6) is 0 Å². The first kappa shape index (κ1) is 17.6. The monoisotopic (exact) mass is 355 g/mol. The molecule has 2 heterocycles. The molecule has 1 aliphatic heterocycles. The molecular weight excluding hydrogens is 330 g/mol. The molecule has 0 spiro atoms. The number of hydrogen-bond donors (Lipinski definition) is 2. The van der Waals surface area contributed by atoms with Crippen molar-refractivity contribution in [3.8, 4) is 0 Å². The Balaban J connectivity index is 1.61. The van der Waals surface area contributed by atoms with Gasteiger partial charge < -0.3 is 0 Å². The standard InChI is InChI=1S/C19H24N5S/c1-15-4-2-5-16(12-15)14-25-18-17(6-3-7-22-18)13-23-8-10-24(11-9-23)19(20)21/h2-7,12H,1,8-11,13-14H2,(H3,20,21)/q+1/p+1. The summed E-state index contributed by atoms with van der Waals surface area (Å²) in [7, 11) is 0. The third kappa shape index (κ3) is 4.90. The molecule has 130 valence electrons. The van der Waals surface area contributed by atoms with Gasteiger partial charge in [-0.15, -0.1) is 0 Å². The summed E-state index contributed by atoms with van der Waals surface area (Å²) in [5, 5.41) is 1.10. The fraction of sp³-hybridized carbons (Fsp3) is 0.316. The maximum absolute atomic E-state index is 5.68. The molecule has 4 N–H and O–H groups in total. The molecule has 0 aromatic carbocycles. The van der Waals surface area contributed by atoms with Gasteiger partial charge in [-0.3, -0.25) is 20.9 Å². The Morgan fingerprint density at radius 1 is 1.36 bits per heavy atom. The highest BCUT2D eigenvalue weighted by molar-refractivity contribution is 7.99. The minimum absolute atomic E-state index is 0.421. The molecule has 0 saturated carbocycles. The van der Waals surface area contributed by atoms with Gasteiger partial charge in [-0.05, 0) is 18.2 Å². The molecule has 1 fully saturated rings. The van der Waals surface area contributed by atoms with Crippen molar-refractivity contribution < 1.29 is 4.58 Å². The van der Waals surface area contributed by atoms with Crippen LogP contribution in [0.2, 0.25) is 0 Å². The van der Waals surface area contributed by atoms with E-state index < -0.39 is 0 Å². The van der Waals surface area contributed by atoms with Gasteiger partial charge in [0.2, 0.25) is 0 Å². The molecule has 0 amide bonds. The van der Waals surface area contributed by atoms with E-state index in [1.54, 1.807) is 11.8 Å². The maximum Gasteiger partial charge on any atom is 0.341 e. The van der Waals surface area contributed by atoms with E-state index in [2.05, 4.69) is 40.8 Å². The first-order valence-corrected chi connectivity index (χ1v) is 9.43. The van der Waals surface area contributed by atoms with Crippen molar-refractivity contribution in [3.63, 3.8) is 0 Å². The average Bonchev–Trinajstić information content (AvgIpc) is 2.61. The van der Waals surface area contributed by atoms with Crippen LogP contribution in [0.3, 0.4) is 0 Å². The number of nitrogens with zero attached hydrogens (tertiary/aromatic N) is 3. The van der Waals surface area contributed by atoms with Crippen molar-refractivity contribution in [1.82, 2.24) is 9.88 Å². The second-order valence-corrected chi connectivity index (χ2v) is 7.23. The van der Waals surface area contributed by atoms with Gasteiger partial charge in [-0.25, -0.2) is 4.98 Å². The summed E-state index contributed by atoms with van der Waals surface area (Å²) < 4.78 is 2.03. The quantitative estimate of drug-likeness (QED) is 0.363. The minimum Gasteiger partial charge on any atom is -0.293 e. The van der Waals surface area contributed by atoms with Crippen molar-refractivity contribution >= 4 is 17.7 Å². The fourth-order valence-corrected chi connectivity index (χ4v) is 3.89. The Labute approximate surface area is 153 Å². The van der Waals surface area contributed by atoms with Crippen LogP contribution in [0.1, 0.15) is 5.56 Å². The number of nitrogens with two attached hydrogens (primary N) is 2. The van der Waals surface area contributed by atoms with Crippen molar-refractivity contribution in [2.45, 2.75) is 11.6 Å². The molecule has 1 aromatic heterocycles. The van der Waals surface area contributed by atoms with Crippen LogP contribution in [-0.4, -0.2) is 52.4 Å². The van der Waals surface area contributed by atoms with Gasteiger partial charge in [-0.2, -0.15) is 0 Å². The van der Waals surface area contributed by atoms with E-state index >= 15 is 0 Å². The lowest BCUT2D eigenvalue weighted by Crippen LogP contribution is -2.47. The zero-order chi connectivity index (χ0) is 17.6. The molecular formula is C19H25N5S+2. The number of thioether (sulfide) groups is 1. The van der Waals surface area contributed by atoms with Crippen LogP contribution in [0.15, 0.2) is 59.3 Å². The summed E-state index contributed by atoms with van der Waals surface area (Å²) in [5.74, 6) is 1.32. The Bertz CT molecular complexity index is 721. The molecule has 1 aliphatic carbocycles. The predicted octanol–water partition coefficient (Wildman–Crippen LogP) is 1.53. The summed E-state index contributed by atoms with van der Waals surface area (Å²) in [6.45, 7) is 8.57. The fourth-order valence-electron chi connectivity index (χ4n) is 2.95. The number of aromatic nitrogens is 1. The van der Waals surface area contributed by atoms with Crippen molar-refractivity contribution in [2.75, 3.05) is 31.9 Å². The minimum atomic E-state index is 0.421. The van der Waals surface area contributed by atoms with E-state index in [1.165, 1.54) is 11.1 Å². The predicted molar refractivity (Wildman–Crippen MR) is 104 cm³/mol. The molecule has 6 heteroatoms. The van der Waals surface area contributed by atoms with Crippen LogP contribution in [0.4, 0.5) is 0 Å². The van der Waals surface area contributed by atoms with E-state index in [9.17, 15) is 0 Å². The van der Waals surface area contributed by atoms with E-state index in [4.69, 9.17) is 11.5 Å². The Morgan fingerprint density at radius 3 is 2.88 bits per heavy atom. The first-order chi connectivity index (χ1) is 12.1. The summed E-state index contributed by atoms with van der Waals surface area (Å²) in [6.07, 6.45) is 10.2. The van der Waals surface area contributed by atoms with Crippen LogP contribution in [0, 0.1) is 6.42 Å². The highest BCUT2D eigenvalue weighted by Crippen LogP contribution is 2.26. The van der Waals surface area contributed by atoms with E-state index in [0.29, 0.717) is 5.96 Å². The molecule has 0 atom stereocenters. The lowest BCUT2D eigenvalue weighted by atomic mass is 10.1. The normalized spacial score (nSPS) is 18.0. The molecule has 1 aromatic rings. The van der Waals surface area contributed by atoms with Crippen molar-refractivity contribution in [1.29, 1.82) is 0 Å². The van der Waals surface area contributed by atoms with E-state index in [1.807, 2.05) is 23.3 Å². The van der Waals surface area contributed by atoms with Gasteiger partial charge in [0.05, 0.1) is 18.7 Å². The number of rotatable bonds is 5. The average molecular weight is 356 g/mol. The molecule has 2 aliphatic rings. The second kappa shape index (κ2) is 8.27. The Hall–Kier alpha value is -2.18. The smallest absolute Gasteiger partial charge is 0.293 e. The SMILES string of the molecule is C=C1C=C(CSc2ncccc2CN2CC[N+](=C(N)N)CC2)C=C[CH+]1. The molecule has 0 unspecified atom stereocenters. The van der Waals surface area contributed by atoms with Gasteiger partial charge in [0.1, 0.15) is 5.03 Å². The largest absolute Gasteiger partial charge is 0.341 e. The number of allylic oxidation sites excluding steroid dienone is 4. The molecule has 3 rings (SSSR count). The van der Waals surface area contributed by atoms with E-state index in [0.717, 1.165) is 49.1 Å². The molecule has 0 bridgehead atoms. The number of pyridine rings is 1. The third-order valence-electron chi connectivity index (χ3n) is 4.35. The van der Waals surface area contributed by atoms with Gasteiger partial charge in [0, 0.05) is 61.8 Å². The third-order valence-corrected chi connectivity index (χ3v) is 5.47. The van der Waals surface area contributed by atoms with Crippen LogP contribution < -0.4 is 11.5 Å². The van der Waals surface area contributed by atoms with Crippen LogP contribution >= 0.6 is 11.8 Å². The maximum atomic E-state index is 5.68. The molecule has 1 saturated heterocycles. The summed E-state index contributed by atoms with van der Waals surface area (Å²) >= 11 is 1.78. The highest BCUT2D eigenvalue weighted by atomic mass is 32.2. The lowest BCUT2D eigenvalue weighted by Gasteiger charge is -2.28. The van der Waals surface area contributed by atoms with Gasteiger partial charge in [0.15, 0.2) is 0 Å². The number of piperazine rings is 1. The number of hydrogen-bond acceptors (Lipinski definition) is 3. The highest BCUT2D eigenvalue weighted by Gasteiger charge is 2.18. The zero-order valence-electron chi connectivity index (χ0n) is 14.4. The first-order valence-electron chi connectivity index (χ1n) is 8.44. The summed E-state index contributed by atoms with van der Waals surface area (Å²) in [5.41, 5.74) is 15.0. The summed E-state index contributed by atoms with van der Waals surface area (Å²) in [6, 6.07) is 4.18. The molecule has 25 heavy (non-hydrogen) atoms. The lowest BCUT2D eigenvalue weighted by molar-refractivity contribution is -0.541. The van der Waals surface area contributed by atoms with Crippen molar-refractivity contribution in [3.05, 3.63) is 66.3 Å². The van der Waals surface area contributed by atoms with E-state index in [-0.39, 0.29) is 0 Å². The number of guanidine groups is 1. The van der Waals surface area contributed by atoms with Gasteiger partial charge >= 0.3 is 5.96 Å². The topological polar surface area (TPSA) is 71.2 Å². The zero-order valence-corrected chi connectivity index (χ0v) is 15.2.